The van der Waals surface area contributed by atoms with Gasteiger partial charge in [0.2, 0.25) is 0 Å². The highest BCUT2D eigenvalue weighted by Gasteiger charge is 2.30. The van der Waals surface area contributed by atoms with Crippen LogP contribution in [0.25, 0.3) is 33.5 Å². The maximum Gasteiger partial charge on any atom is 0.274 e. The second-order valence-electron chi connectivity index (χ2n) is 11.0. The van der Waals surface area contributed by atoms with Crippen molar-refractivity contribution in [2.45, 2.75) is 64.5 Å². The highest BCUT2D eigenvalue weighted by atomic mass is 19.1. The first-order valence-corrected chi connectivity index (χ1v) is 14.2. The lowest BCUT2D eigenvalue weighted by atomic mass is 9.87. The maximum atomic E-state index is 14.1. The number of imidazole rings is 1. The Labute approximate surface area is 235 Å². The molecule has 3 aromatic heterocycles. The number of nitrogens with one attached hydrogen (secondary N) is 2. The van der Waals surface area contributed by atoms with Crippen molar-refractivity contribution in [1.29, 1.82) is 0 Å². The van der Waals surface area contributed by atoms with Crippen LogP contribution in [0.15, 0.2) is 42.7 Å². The van der Waals surface area contributed by atoms with Crippen molar-refractivity contribution in [2.75, 3.05) is 0 Å². The quantitative estimate of drug-likeness (QED) is 0.245. The number of hydrogen-bond acceptors (Lipinski definition) is 6. The molecule has 0 atom stereocenters. The third kappa shape index (κ3) is 4.53. The lowest BCUT2D eigenvalue weighted by molar-refractivity contribution is 0.0742. The summed E-state index contributed by atoms with van der Waals surface area (Å²) in [7, 11) is 0. The van der Waals surface area contributed by atoms with Gasteiger partial charge in [-0.25, -0.2) is 14.4 Å². The van der Waals surface area contributed by atoms with Gasteiger partial charge in [-0.15, -0.1) is 0 Å². The van der Waals surface area contributed by atoms with Crippen LogP contribution in [-0.4, -0.2) is 46.0 Å². The summed E-state index contributed by atoms with van der Waals surface area (Å²) >= 11 is 0. The van der Waals surface area contributed by atoms with E-state index in [1.165, 1.54) is 31.4 Å². The summed E-state index contributed by atoms with van der Waals surface area (Å²) in [6.45, 7) is 2.76. The monoisotopic (exact) mass is 551 g/mol. The Hall–Kier alpha value is -4.60. The molecule has 3 N–H and O–H groups in total. The van der Waals surface area contributed by atoms with Gasteiger partial charge in [-0.1, -0.05) is 32.3 Å². The van der Waals surface area contributed by atoms with Crippen molar-refractivity contribution in [1.82, 2.24) is 35.0 Å². The molecule has 1 amide bonds. The Bertz CT molecular complexity index is 1750. The molecule has 1 saturated carbocycles. The van der Waals surface area contributed by atoms with Crippen LogP contribution in [0.4, 0.5) is 4.39 Å². The molecule has 1 fully saturated rings. The Kier molecular flexibility index (Phi) is 6.25. The fraction of sp³-hybridized carbons (Fsp3) is 0.323. The Morgan fingerprint density at radius 1 is 1.10 bits per heavy atom. The molecule has 2 aliphatic rings. The number of phenolic OH excluding ortho intramolecular Hbond substituents is 1. The molecule has 7 rings (SSSR count). The van der Waals surface area contributed by atoms with E-state index >= 15 is 0 Å². The van der Waals surface area contributed by atoms with Crippen molar-refractivity contribution in [3.63, 3.8) is 0 Å². The molecular weight excluding hydrogens is 521 g/mol. The maximum absolute atomic E-state index is 14.1. The van der Waals surface area contributed by atoms with E-state index in [9.17, 15) is 14.3 Å². The summed E-state index contributed by atoms with van der Waals surface area (Å²) < 4.78 is 14.1. The molecule has 0 spiro atoms. The summed E-state index contributed by atoms with van der Waals surface area (Å²) in [6, 6.07) is 8.63. The first kappa shape index (κ1) is 25.4. The summed E-state index contributed by atoms with van der Waals surface area (Å²) in [5.74, 6) is -0.0760. The van der Waals surface area contributed by atoms with Gasteiger partial charge in [0, 0.05) is 17.5 Å². The molecule has 9 nitrogen and oxygen atoms in total. The number of benzene rings is 2. The number of halogens is 1. The molecule has 0 radical (unpaired) electrons. The van der Waals surface area contributed by atoms with E-state index in [1.807, 2.05) is 25.1 Å². The van der Waals surface area contributed by atoms with E-state index in [0.717, 1.165) is 57.5 Å². The smallest absolute Gasteiger partial charge is 0.274 e. The fourth-order valence-corrected chi connectivity index (χ4v) is 6.14. The molecule has 2 aromatic carbocycles. The van der Waals surface area contributed by atoms with Crippen molar-refractivity contribution in [2.24, 2.45) is 0 Å². The molecule has 0 saturated heterocycles. The number of H-pyrrole nitrogens is 2. The van der Waals surface area contributed by atoms with Gasteiger partial charge in [-0.2, -0.15) is 5.10 Å². The van der Waals surface area contributed by atoms with E-state index < -0.39 is 5.82 Å². The van der Waals surface area contributed by atoms with E-state index in [1.54, 1.807) is 17.3 Å². The minimum absolute atomic E-state index is 0.157. The number of hydrogen-bond donors (Lipinski definition) is 3. The van der Waals surface area contributed by atoms with E-state index in [-0.39, 0.29) is 11.7 Å². The predicted molar refractivity (Wildman–Crippen MR) is 152 cm³/mol. The van der Waals surface area contributed by atoms with Gasteiger partial charge in [0.05, 0.1) is 41.9 Å². The Morgan fingerprint density at radius 2 is 1.95 bits per heavy atom. The number of nitrogens with zero attached hydrogens (tertiary/aromatic N) is 5. The van der Waals surface area contributed by atoms with E-state index in [0.29, 0.717) is 42.6 Å². The van der Waals surface area contributed by atoms with Gasteiger partial charge in [-0.05, 0) is 60.2 Å². The minimum atomic E-state index is -0.649. The first-order valence-electron chi connectivity index (χ1n) is 14.2. The third-order valence-corrected chi connectivity index (χ3v) is 8.41. The molecule has 41 heavy (non-hydrogen) atoms. The first-order chi connectivity index (χ1) is 20.0. The molecule has 1 aliphatic heterocycles. The average molecular weight is 552 g/mol. The number of carbonyl (C=O) groups excluding carboxylic acids is 1. The van der Waals surface area contributed by atoms with Crippen molar-refractivity contribution < 1.29 is 14.3 Å². The number of aromatic amines is 2. The predicted octanol–water partition coefficient (Wildman–Crippen LogP) is 6.02. The van der Waals surface area contributed by atoms with Gasteiger partial charge in [0.15, 0.2) is 17.4 Å². The molecule has 5 aromatic rings. The molecule has 208 valence electrons. The molecule has 0 unspecified atom stereocenters. The normalized spacial score (nSPS) is 15.5. The zero-order chi connectivity index (χ0) is 28.1. The number of aryl methyl sites for hydroxylation is 1. The standard InChI is InChI=1S/C31H30FN7O2/c1-2-17-11-28(40)22(32)12-21(17)19-8-9-20-23(10-19)37-38-29(20)30-35-26-15-39(16-27(26)36-30)31(41)25-14-33-24(13-34-25)18-6-4-3-5-7-18/h8-14,18,40H,2-7,15-16H2,1H3,(H,35,36)(H,37,38). The zero-order valence-corrected chi connectivity index (χ0v) is 22.7. The molecule has 1 aliphatic carbocycles. The summed E-state index contributed by atoms with van der Waals surface area (Å²) in [6.07, 6.45) is 10.1. The van der Waals surface area contributed by atoms with Crippen LogP contribution < -0.4 is 0 Å². The summed E-state index contributed by atoms with van der Waals surface area (Å²) in [5.41, 5.74) is 6.90. The van der Waals surface area contributed by atoms with Crippen molar-refractivity contribution in [3.05, 3.63) is 76.9 Å². The SMILES string of the molecule is CCc1cc(O)c(F)cc1-c1ccc2c(-c3nc4c([nH]3)CN(C(=O)c3cnc(C5CCCCC5)cn3)C4)n[nH]c2c1. The van der Waals surface area contributed by atoms with Gasteiger partial charge in [0.1, 0.15) is 11.4 Å². The Morgan fingerprint density at radius 3 is 2.71 bits per heavy atom. The highest BCUT2D eigenvalue weighted by molar-refractivity contribution is 5.94. The molecule has 10 heteroatoms. The summed E-state index contributed by atoms with van der Waals surface area (Å²) in [4.78, 5) is 32.0. The van der Waals surface area contributed by atoms with Crippen molar-refractivity contribution >= 4 is 16.8 Å². The van der Waals surface area contributed by atoms with Crippen LogP contribution in [0.1, 0.15) is 78.1 Å². The van der Waals surface area contributed by atoms with Crippen LogP contribution >= 0.6 is 0 Å². The lowest BCUT2D eigenvalue weighted by Crippen LogP contribution is -2.27. The topological polar surface area (TPSA) is 124 Å². The van der Waals surface area contributed by atoms with Crippen LogP contribution in [0.5, 0.6) is 5.75 Å². The number of phenols is 1. The average Bonchev–Trinajstić information content (AvgIpc) is 3.71. The molecule has 0 bridgehead atoms. The largest absolute Gasteiger partial charge is 0.505 e. The Balaban J connectivity index is 1.09. The number of carbonyl (C=O) groups is 1. The lowest BCUT2D eigenvalue weighted by Gasteiger charge is -2.21. The van der Waals surface area contributed by atoms with Gasteiger partial charge in [0.25, 0.3) is 5.91 Å². The van der Waals surface area contributed by atoms with E-state index in [2.05, 4.69) is 25.1 Å². The van der Waals surface area contributed by atoms with Crippen LogP contribution in [-0.2, 0) is 19.5 Å². The number of aromatic nitrogens is 6. The van der Waals surface area contributed by atoms with Crippen LogP contribution in [0.3, 0.4) is 0 Å². The third-order valence-electron chi connectivity index (χ3n) is 8.41. The van der Waals surface area contributed by atoms with Crippen LogP contribution in [0, 0.1) is 5.82 Å². The molecular formula is C31H30FN7O2. The number of fused-ring (bicyclic) bond motifs is 2. The summed E-state index contributed by atoms with van der Waals surface area (Å²) in [5, 5.41) is 18.2. The van der Waals surface area contributed by atoms with Crippen molar-refractivity contribution in [3.8, 4) is 28.4 Å². The number of aromatic hydroxyl groups is 1. The van der Waals surface area contributed by atoms with Gasteiger partial charge < -0.3 is 15.0 Å². The zero-order valence-electron chi connectivity index (χ0n) is 22.7. The number of amides is 1. The highest BCUT2D eigenvalue weighted by Crippen LogP contribution is 2.35. The second kappa shape index (κ2) is 10.1. The van der Waals surface area contributed by atoms with Gasteiger partial charge >= 0.3 is 0 Å². The minimum Gasteiger partial charge on any atom is -0.505 e. The van der Waals surface area contributed by atoms with E-state index in [4.69, 9.17) is 4.98 Å². The number of rotatable bonds is 5. The van der Waals surface area contributed by atoms with Crippen LogP contribution in [0.2, 0.25) is 0 Å². The second-order valence-corrected chi connectivity index (χ2v) is 11.0. The molecule has 4 heterocycles. The van der Waals surface area contributed by atoms with Gasteiger partial charge in [-0.3, -0.25) is 14.9 Å². The fourth-order valence-electron chi connectivity index (χ4n) is 6.14.